The summed E-state index contributed by atoms with van der Waals surface area (Å²) in [6, 6.07) is 78.7. The van der Waals surface area contributed by atoms with Crippen molar-refractivity contribution >= 4 is 82.4 Å². The summed E-state index contributed by atoms with van der Waals surface area (Å²) in [5, 5.41) is 9.39. The molecule has 3 heteroatoms. The van der Waals surface area contributed by atoms with Gasteiger partial charge in [0.25, 0.3) is 0 Å². The van der Waals surface area contributed by atoms with E-state index in [0.29, 0.717) is 0 Å². The molecule has 0 radical (unpaired) electrons. The average Bonchev–Trinajstić information content (AvgIpc) is 3.86. The molecule has 0 spiro atoms. The van der Waals surface area contributed by atoms with Crippen molar-refractivity contribution in [3.05, 3.63) is 218 Å². The lowest BCUT2D eigenvalue weighted by Gasteiger charge is -2.27. The van der Waals surface area contributed by atoms with E-state index < -0.39 is 0 Å². The summed E-state index contributed by atoms with van der Waals surface area (Å²) in [6.07, 6.45) is 0. The van der Waals surface area contributed by atoms with Crippen LogP contribution < -0.4 is 4.90 Å². The number of para-hydroxylation sites is 2. The van der Waals surface area contributed by atoms with Crippen molar-refractivity contribution in [2.75, 3.05) is 4.90 Å². The highest BCUT2D eigenvalue weighted by atomic mass is 16.3. The molecular weight excluding hydrogens is 717 g/mol. The van der Waals surface area contributed by atoms with Crippen LogP contribution in [0.2, 0.25) is 0 Å². The number of furan rings is 1. The summed E-state index contributed by atoms with van der Waals surface area (Å²) in [4.78, 5) is 2.41. The lowest BCUT2D eigenvalue weighted by Crippen LogP contribution is -2.10. The maximum atomic E-state index is 6.74. The zero-order chi connectivity index (χ0) is 38.9. The van der Waals surface area contributed by atoms with Crippen molar-refractivity contribution < 1.29 is 4.42 Å². The van der Waals surface area contributed by atoms with Crippen molar-refractivity contribution in [2.24, 2.45) is 0 Å². The summed E-state index contributed by atoms with van der Waals surface area (Å²) < 4.78 is 9.11. The SMILES string of the molecule is c1ccc(-n2c3ccccc3c3cc(-c4cccc(N(c5cccc(-c6cccc7ccccc67)c5)c5cccc6oc7c8ccccc8ccc7c56)c4)ccc32)cc1. The van der Waals surface area contributed by atoms with Crippen LogP contribution in [0.1, 0.15) is 0 Å². The Hall–Kier alpha value is -7.88. The monoisotopic (exact) mass is 752 g/mol. The smallest absolute Gasteiger partial charge is 0.143 e. The molecule has 0 aliphatic carbocycles. The summed E-state index contributed by atoms with van der Waals surface area (Å²) >= 11 is 0. The van der Waals surface area contributed by atoms with E-state index in [1.165, 1.54) is 43.7 Å². The number of aromatic nitrogens is 1. The second kappa shape index (κ2) is 13.4. The molecule has 276 valence electrons. The molecule has 12 rings (SSSR count). The highest BCUT2D eigenvalue weighted by molar-refractivity contribution is 6.20. The van der Waals surface area contributed by atoms with Gasteiger partial charge in [-0.2, -0.15) is 0 Å². The molecule has 12 aromatic rings. The van der Waals surface area contributed by atoms with Crippen LogP contribution in [0.3, 0.4) is 0 Å². The minimum atomic E-state index is 0.862. The van der Waals surface area contributed by atoms with Crippen molar-refractivity contribution in [1.82, 2.24) is 4.57 Å². The molecule has 0 amide bonds. The Kier molecular flexibility index (Phi) is 7.54. The van der Waals surface area contributed by atoms with E-state index in [1.54, 1.807) is 0 Å². The van der Waals surface area contributed by atoms with Gasteiger partial charge in [0, 0.05) is 38.6 Å². The van der Waals surface area contributed by atoms with Crippen molar-refractivity contribution in [2.45, 2.75) is 0 Å². The second-order valence-corrected chi connectivity index (χ2v) is 15.3. The van der Waals surface area contributed by atoms with E-state index in [2.05, 4.69) is 228 Å². The van der Waals surface area contributed by atoms with Gasteiger partial charge in [-0.3, -0.25) is 0 Å². The molecule has 10 aromatic carbocycles. The minimum absolute atomic E-state index is 0.862. The van der Waals surface area contributed by atoms with Gasteiger partial charge in [0.2, 0.25) is 0 Å². The van der Waals surface area contributed by atoms with E-state index in [0.717, 1.165) is 66.6 Å². The van der Waals surface area contributed by atoms with Gasteiger partial charge in [0.05, 0.1) is 22.1 Å². The van der Waals surface area contributed by atoms with Crippen LogP contribution in [0.4, 0.5) is 17.1 Å². The molecule has 2 aromatic heterocycles. The Balaban J connectivity index is 1.07. The molecule has 2 heterocycles. The number of hydrogen-bond donors (Lipinski definition) is 0. The molecule has 3 nitrogen and oxygen atoms in total. The summed E-state index contributed by atoms with van der Waals surface area (Å²) in [6.45, 7) is 0. The Bertz CT molecular complexity index is 3570. The minimum Gasteiger partial charge on any atom is -0.455 e. The van der Waals surface area contributed by atoms with Gasteiger partial charge in [-0.05, 0) is 111 Å². The van der Waals surface area contributed by atoms with Gasteiger partial charge in [-0.15, -0.1) is 0 Å². The van der Waals surface area contributed by atoms with Crippen LogP contribution >= 0.6 is 0 Å². The van der Waals surface area contributed by atoms with Gasteiger partial charge in [0.1, 0.15) is 11.2 Å². The maximum absolute atomic E-state index is 6.74. The van der Waals surface area contributed by atoms with Gasteiger partial charge in [-0.1, -0.05) is 146 Å². The number of anilines is 3. The van der Waals surface area contributed by atoms with Crippen LogP contribution in [0.25, 0.3) is 93.2 Å². The first kappa shape index (κ1) is 33.3. The van der Waals surface area contributed by atoms with E-state index >= 15 is 0 Å². The summed E-state index contributed by atoms with van der Waals surface area (Å²) in [7, 11) is 0. The third-order valence-electron chi connectivity index (χ3n) is 11.9. The Labute approximate surface area is 341 Å². The van der Waals surface area contributed by atoms with Crippen molar-refractivity contribution in [1.29, 1.82) is 0 Å². The predicted molar refractivity (Wildman–Crippen MR) is 249 cm³/mol. The van der Waals surface area contributed by atoms with Crippen molar-refractivity contribution in [3.8, 4) is 27.9 Å². The van der Waals surface area contributed by atoms with E-state index in [4.69, 9.17) is 4.42 Å². The molecule has 0 aliphatic heterocycles. The third kappa shape index (κ3) is 5.36. The van der Waals surface area contributed by atoms with E-state index in [9.17, 15) is 0 Å². The first-order chi connectivity index (χ1) is 29.3. The molecule has 0 saturated carbocycles. The zero-order valence-electron chi connectivity index (χ0n) is 32.1. The van der Waals surface area contributed by atoms with Crippen molar-refractivity contribution in [3.63, 3.8) is 0 Å². The topological polar surface area (TPSA) is 21.3 Å². The first-order valence-electron chi connectivity index (χ1n) is 20.2. The predicted octanol–water partition coefficient (Wildman–Crippen LogP) is 15.8. The van der Waals surface area contributed by atoms with E-state index in [-0.39, 0.29) is 0 Å². The third-order valence-corrected chi connectivity index (χ3v) is 11.9. The van der Waals surface area contributed by atoms with Crippen LogP contribution in [-0.2, 0) is 0 Å². The lowest BCUT2D eigenvalue weighted by molar-refractivity contribution is 0.672. The number of benzene rings is 10. The number of rotatable bonds is 6. The summed E-state index contributed by atoms with van der Waals surface area (Å²) in [5.74, 6) is 0. The first-order valence-corrected chi connectivity index (χ1v) is 20.2. The molecule has 0 saturated heterocycles. The molecular formula is C56H36N2O. The molecule has 0 fully saturated rings. The van der Waals surface area contributed by atoms with Crippen LogP contribution in [-0.4, -0.2) is 4.57 Å². The standard InChI is InChI=1S/C56H36N2O/c1-2-19-42(20-3-1)58-51-27-9-8-25-48(51)50-36-40(31-33-52(50)58)39-17-10-21-43(34-39)57(44-22-11-18-41(35-44)46-26-12-16-37-14-4-6-23-45(37)46)53-28-13-29-54-55(53)49-32-30-38-15-5-7-24-47(38)56(49)59-54/h1-36H. The highest BCUT2D eigenvalue weighted by Crippen LogP contribution is 2.46. The number of nitrogens with zero attached hydrogens (tertiary/aromatic N) is 2. The Morgan fingerprint density at radius 3 is 1.85 bits per heavy atom. The molecule has 0 bridgehead atoms. The Morgan fingerprint density at radius 2 is 1.00 bits per heavy atom. The van der Waals surface area contributed by atoms with Crippen LogP contribution in [0, 0.1) is 0 Å². The summed E-state index contributed by atoms with van der Waals surface area (Å²) in [5.41, 5.74) is 13.2. The fourth-order valence-corrected chi connectivity index (χ4v) is 9.27. The zero-order valence-corrected chi connectivity index (χ0v) is 32.1. The number of fused-ring (bicyclic) bond motifs is 9. The van der Waals surface area contributed by atoms with Gasteiger partial charge >= 0.3 is 0 Å². The fraction of sp³-hybridized carbons (Fsp3) is 0. The largest absolute Gasteiger partial charge is 0.455 e. The van der Waals surface area contributed by atoms with Gasteiger partial charge < -0.3 is 13.9 Å². The van der Waals surface area contributed by atoms with E-state index in [1.807, 2.05) is 0 Å². The normalized spacial score (nSPS) is 11.7. The molecule has 0 aliphatic rings. The average molecular weight is 753 g/mol. The van der Waals surface area contributed by atoms with Crippen LogP contribution in [0.15, 0.2) is 223 Å². The van der Waals surface area contributed by atoms with Gasteiger partial charge in [0.15, 0.2) is 0 Å². The molecule has 59 heavy (non-hydrogen) atoms. The quantitative estimate of drug-likeness (QED) is 0.169. The fourth-order valence-electron chi connectivity index (χ4n) is 9.27. The number of hydrogen-bond acceptors (Lipinski definition) is 2. The highest BCUT2D eigenvalue weighted by Gasteiger charge is 2.22. The second-order valence-electron chi connectivity index (χ2n) is 15.3. The molecule has 0 N–H and O–H groups in total. The Morgan fingerprint density at radius 1 is 0.373 bits per heavy atom. The molecule has 0 atom stereocenters. The van der Waals surface area contributed by atoms with Crippen LogP contribution in [0.5, 0.6) is 0 Å². The molecule has 0 unspecified atom stereocenters. The lowest BCUT2D eigenvalue weighted by atomic mass is 9.97. The maximum Gasteiger partial charge on any atom is 0.143 e. The van der Waals surface area contributed by atoms with Gasteiger partial charge in [-0.25, -0.2) is 0 Å².